The molecule has 3 rings (SSSR count). The maximum absolute atomic E-state index is 12.4. The number of ether oxygens (including phenoxy) is 1. The molecule has 1 unspecified atom stereocenters. The van der Waals surface area contributed by atoms with Crippen molar-refractivity contribution in [2.75, 3.05) is 26.2 Å². The second kappa shape index (κ2) is 10.6. The second-order valence-corrected chi connectivity index (χ2v) is 7.24. The maximum Gasteiger partial charge on any atom is 0.255 e. The van der Waals surface area contributed by atoms with Gasteiger partial charge in [-0.2, -0.15) is 0 Å². The van der Waals surface area contributed by atoms with E-state index in [1.165, 1.54) is 5.56 Å². The topological polar surface area (TPSA) is 70.7 Å². The van der Waals surface area contributed by atoms with E-state index in [9.17, 15) is 9.59 Å². The van der Waals surface area contributed by atoms with E-state index in [0.717, 1.165) is 32.5 Å². The minimum Gasteiger partial charge on any atom is -0.493 e. The quantitative estimate of drug-likeness (QED) is 0.721. The predicted molar refractivity (Wildman–Crippen MR) is 113 cm³/mol. The minimum absolute atomic E-state index is 0.0471. The summed E-state index contributed by atoms with van der Waals surface area (Å²) in [6, 6.07) is 17.5. The standard InChI is InChI=1S/C23H29N3O3/c1-2-29-21-13-7-6-12-20(21)23(28)24-15-22(27)25-19-11-8-14-26(17-19)16-18-9-4-3-5-10-18/h3-7,9-10,12-13,19H,2,8,11,14-17H2,1H3,(H,24,28)(H,25,27). The van der Waals surface area contributed by atoms with Crippen molar-refractivity contribution in [3.05, 3.63) is 65.7 Å². The summed E-state index contributed by atoms with van der Waals surface area (Å²) in [5.74, 6) is 0.0501. The largest absolute Gasteiger partial charge is 0.493 e. The van der Waals surface area contributed by atoms with Crippen LogP contribution >= 0.6 is 0 Å². The van der Waals surface area contributed by atoms with Crippen LogP contribution in [0, 0.1) is 0 Å². The van der Waals surface area contributed by atoms with Crippen LogP contribution in [0.4, 0.5) is 0 Å². The van der Waals surface area contributed by atoms with Crippen LogP contribution in [0.1, 0.15) is 35.7 Å². The van der Waals surface area contributed by atoms with Gasteiger partial charge in [0.1, 0.15) is 5.75 Å². The number of carbonyl (C=O) groups excluding carboxylic acids is 2. The van der Waals surface area contributed by atoms with E-state index in [-0.39, 0.29) is 24.4 Å². The summed E-state index contributed by atoms with van der Waals surface area (Å²) in [5.41, 5.74) is 1.72. The van der Waals surface area contributed by atoms with E-state index in [0.29, 0.717) is 17.9 Å². The Labute approximate surface area is 172 Å². The van der Waals surface area contributed by atoms with Gasteiger partial charge in [0.05, 0.1) is 18.7 Å². The summed E-state index contributed by atoms with van der Waals surface area (Å²) in [6.07, 6.45) is 2.00. The van der Waals surface area contributed by atoms with E-state index in [1.54, 1.807) is 18.2 Å². The summed E-state index contributed by atoms with van der Waals surface area (Å²) < 4.78 is 5.48. The van der Waals surface area contributed by atoms with E-state index in [2.05, 4.69) is 27.7 Å². The summed E-state index contributed by atoms with van der Waals surface area (Å²) >= 11 is 0. The zero-order valence-electron chi connectivity index (χ0n) is 16.9. The second-order valence-electron chi connectivity index (χ2n) is 7.24. The first-order chi connectivity index (χ1) is 14.2. The molecule has 2 N–H and O–H groups in total. The Morgan fingerprint density at radius 2 is 1.86 bits per heavy atom. The molecule has 2 aromatic rings. The Bertz CT molecular complexity index is 810. The molecule has 0 radical (unpaired) electrons. The Kier molecular flexibility index (Phi) is 7.64. The molecule has 1 aliphatic rings. The van der Waals surface area contributed by atoms with Crippen LogP contribution in [0.15, 0.2) is 54.6 Å². The molecule has 2 amide bonds. The fraction of sp³-hybridized carbons (Fsp3) is 0.391. The maximum atomic E-state index is 12.4. The molecule has 1 atom stereocenters. The molecule has 0 bridgehead atoms. The van der Waals surface area contributed by atoms with Crippen LogP contribution in [-0.2, 0) is 11.3 Å². The number of para-hydroxylation sites is 1. The molecule has 0 spiro atoms. The minimum atomic E-state index is -0.307. The van der Waals surface area contributed by atoms with Crippen molar-refractivity contribution in [3.8, 4) is 5.75 Å². The van der Waals surface area contributed by atoms with Crippen LogP contribution in [-0.4, -0.2) is 49.0 Å². The van der Waals surface area contributed by atoms with Crippen molar-refractivity contribution >= 4 is 11.8 Å². The third kappa shape index (κ3) is 6.32. The SMILES string of the molecule is CCOc1ccccc1C(=O)NCC(=O)NC1CCCN(Cc2ccccc2)C1. The van der Waals surface area contributed by atoms with Gasteiger partial charge in [0.2, 0.25) is 5.91 Å². The highest BCUT2D eigenvalue weighted by Crippen LogP contribution is 2.17. The summed E-state index contributed by atoms with van der Waals surface area (Å²) in [6.45, 7) is 5.04. The molecule has 1 aliphatic heterocycles. The zero-order chi connectivity index (χ0) is 20.5. The first kappa shape index (κ1) is 20.9. The van der Waals surface area contributed by atoms with Crippen LogP contribution in [0.3, 0.4) is 0 Å². The highest BCUT2D eigenvalue weighted by molar-refractivity contribution is 5.98. The van der Waals surface area contributed by atoms with E-state index in [4.69, 9.17) is 4.74 Å². The Hall–Kier alpha value is -2.86. The first-order valence-corrected chi connectivity index (χ1v) is 10.2. The van der Waals surface area contributed by atoms with Crippen LogP contribution in [0.25, 0.3) is 0 Å². The van der Waals surface area contributed by atoms with Gasteiger partial charge in [-0.05, 0) is 44.0 Å². The number of hydrogen-bond acceptors (Lipinski definition) is 4. The monoisotopic (exact) mass is 395 g/mol. The van der Waals surface area contributed by atoms with Crippen molar-refractivity contribution in [1.29, 1.82) is 0 Å². The summed E-state index contributed by atoms with van der Waals surface area (Å²) in [5, 5.41) is 5.75. The van der Waals surface area contributed by atoms with Gasteiger partial charge < -0.3 is 15.4 Å². The molecule has 6 nitrogen and oxygen atoms in total. The lowest BCUT2D eigenvalue weighted by Gasteiger charge is -2.33. The van der Waals surface area contributed by atoms with Crippen LogP contribution in [0.5, 0.6) is 5.75 Å². The highest BCUT2D eigenvalue weighted by atomic mass is 16.5. The fourth-order valence-corrected chi connectivity index (χ4v) is 3.63. The molecule has 1 saturated heterocycles. The summed E-state index contributed by atoms with van der Waals surface area (Å²) in [7, 11) is 0. The number of nitrogens with one attached hydrogen (secondary N) is 2. The zero-order valence-corrected chi connectivity index (χ0v) is 16.9. The van der Waals surface area contributed by atoms with Crippen molar-refractivity contribution in [3.63, 3.8) is 0 Å². The number of piperidine rings is 1. The average Bonchev–Trinajstić information content (AvgIpc) is 2.74. The van der Waals surface area contributed by atoms with Gasteiger partial charge in [-0.15, -0.1) is 0 Å². The Morgan fingerprint density at radius 1 is 1.10 bits per heavy atom. The molecule has 6 heteroatoms. The van der Waals surface area contributed by atoms with Gasteiger partial charge in [0.15, 0.2) is 0 Å². The number of amides is 2. The fourth-order valence-electron chi connectivity index (χ4n) is 3.63. The number of nitrogens with zero attached hydrogens (tertiary/aromatic N) is 1. The third-order valence-corrected chi connectivity index (χ3v) is 4.96. The molecular formula is C23H29N3O3. The highest BCUT2D eigenvalue weighted by Gasteiger charge is 2.22. The average molecular weight is 396 g/mol. The van der Waals surface area contributed by atoms with Gasteiger partial charge in [0, 0.05) is 19.1 Å². The van der Waals surface area contributed by atoms with Gasteiger partial charge in [-0.1, -0.05) is 42.5 Å². The molecule has 29 heavy (non-hydrogen) atoms. The van der Waals surface area contributed by atoms with Crippen LogP contribution in [0.2, 0.25) is 0 Å². The first-order valence-electron chi connectivity index (χ1n) is 10.2. The number of benzene rings is 2. The molecule has 0 saturated carbocycles. The normalized spacial score (nSPS) is 16.8. The van der Waals surface area contributed by atoms with E-state index >= 15 is 0 Å². The van der Waals surface area contributed by atoms with E-state index in [1.807, 2.05) is 31.2 Å². The Balaban J connectivity index is 1.46. The molecule has 2 aromatic carbocycles. The van der Waals surface area contributed by atoms with Crippen molar-refractivity contribution < 1.29 is 14.3 Å². The molecule has 1 heterocycles. The number of likely N-dealkylation sites (tertiary alicyclic amines) is 1. The molecule has 154 valence electrons. The lowest BCUT2D eigenvalue weighted by Crippen LogP contribution is -2.49. The lowest BCUT2D eigenvalue weighted by molar-refractivity contribution is -0.121. The van der Waals surface area contributed by atoms with Gasteiger partial charge in [-0.25, -0.2) is 0 Å². The summed E-state index contributed by atoms with van der Waals surface area (Å²) in [4.78, 5) is 27.1. The number of carbonyl (C=O) groups is 2. The molecule has 0 aromatic heterocycles. The number of hydrogen-bond donors (Lipinski definition) is 2. The van der Waals surface area contributed by atoms with Gasteiger partial charge in [-0.3, -0.25) is 14.5 Å². The van der Waals surface area contributed by atoms with Crippen molar-refractivity contribution in [1.82, 2.24) is 15.5 Å². The van der Waals surface area contributed by atoms with E-state index < -0.39 is 0 Å². The van der Waals surface area contributed by atoms with Gasteiger partial charge in [0.25, 0.3) is 5.91 Å². The smallest absolute Gasteiger partial charge is 0.255 e. The van der Waals surface area contributed by atoms with Gasteiger partial charge >= 0.3 is 0 Å². The molecule has 0 aliphatic carbocycles. The van der Waals surface area contributed by atoms with Crippen molar-refractivity contribution in [2.24, 2.45) is 0 Å². The lowest BCUT2D eigenvalue weighted by atomic mass is 10.0. The predicted octanol–water partition coefficient (Wildman–Crippen LogP) is 2.60. The molecular weight excluding hydrogens is 366 g/mol. The van der Waals surface area contributed by atoms with Crippen molar-refractivity contribution in [2.45, 2.75) is 32.4 Å². The third-order valence-electron chi connectivity index (χ3n) is 4.96. The number of rotatable bonds is 8. The Morgan fingerprint density at radius 3 is 2.66 bits per heavy atom. The van der Waals surface area contributed by atoms with Crippen LogP contribution < -0.4 is 15.4 Å². The molecule has 1 fully saturated rings.